The van der Waals surface area contributed by atoms with Crippen molar-refractivity contribution in [2.24, 2.45) is 0 Å². The topological polar surface area (TPSA) is 21.7 Å². The zero-order chi connectivity index (χ0) is 29.5. The molecule has 0 radical (unpaired) electrons. The van der Waals surface area contributed by atoms with E-state index in [1.54, 1.807) is 0 Å². The lowest BCUT2D eigenvalue weighted by Crippen LogP contribution is -2.30. The zero-order valence-corrected chi connectivity index (χ0v) is 25.4. The number of hydrogen-bond acceptors (Lipinski definition) is 3. The Kier molecular flexibility index (Phi) is 5.65. The second kappa shape index (κ2) is 9.37. The van der Waals surface area contributed by atoms with E-state index in [2.05, 4.69) is 131 Å². The molecule has 8 rings (SSSR count). The maximum atomic E-state index is 6.91. The maximum Gasteiger partial charge on any atom is 0.139 e. The minimum atomic E-state index is -0.0918. The van der Waals surface area contributed by atoms with Gasteiger partial charge in [0.15, 0.2) is 0 Å². The second-order valence-corrected chi connectivity index (χ2v) is 12.5. The number of fused-ring (bicyclic) bond motifs is 6. The summed E-state index contributed by atoms with van der Waals surface area (Å²) in [5, 5.41) is 0. The van der Waals surface area contributed by atoms with Crippen molar-refractivity contribution < 1.29 is 9.47 Å². The molecular weight excluding hydrogens is 526 g/mol. The Balaban J connectivity index is 1.26. The van der Waals surface area contributed by atoms with Gasteiger partial charge >= 0.3 is 0 Å². The van der Waals surface area contributed by atoms with Crippen LogP contribution in [0.25, 0.3) is 5.57 Å². The Morgan fingerprint density at radius 2 is 1.40 bits per heavy atom. The fraction of sp³-hybridized carbons (Fsp3) is 0.200. The summed E-state index contributed by atoms with van der Waals surface area (Å²) in [4.78, 5) is 2.40. The summed E-state index contributed by atoms with van der Waals surface area (Å²) >= 11 is 0. The molecule has 212 valence electrons. The first kappa shape index (κ1) is 25.9. The molecule has 0 spiro atoms. The van der Waals surface area contributed by atoms with E-state index in [-0.39, 0.29) is 5.41 Å². The Morgan fingerprint density at radius 3 is 2.12 bits per heavy atom. The molecule has 0 unspecified atom stereocenters. The Bertz CT molecular complexity index is 1950. The third-order valence-electron chi connectivity index (χ3n) is 9.60. The lowest BCUT2D eigenvalue weighted by molar-refractivity contribution is 0.441. The van der Waals surface area contributed by atoms with Crippen molar-refractivity contribution in [1.82, 2.24) is 0 Å². The molecule has 0 aromatic heterocycles. The molecule has 0 saturated carbocycles. The van der Waals surface area contributed by atoms with Crippen LogP contribution in [0.1, 0.15) is 71.7 Å². The summed E-state index contributed by atoms with van der Waals surface area (Å²) in [5.74, 6) is 3.77. The summed E-state index contributed by atoms with van der Waals surface area (Å²) in [7, 11) is 0. The van der Waals surface area contributed by atoms with Gasteiger partial charge in [-0.15, -0.1) is 0 Å². The van der Waals surface area contributed by atoms with Gasteiger partial charge in [0.2, 0.25) is 0 Å². The molecule has 0 fully saturated rings. The van der Waals surface area contributed by atoms with E-state index >= 15 is 0 Å². The van der Waals surface area contributed by atoms with E-state index in [0.717, 1.165) is 63.8 Å². The summed E-state index contributed by atoms with van der Waals surface area (Å²) in [6, 6.07) is 32.7. The largest absolute Gasteiger partial charge is 0.456 e. The van der Waals surface area contributed by atoms with Gasteiger partial charge in [0.25, 0.3) is 0 Å². The predicted octanol–water partition coefficient (Wildman–Crippen LogP) is 11.1. The quantitative estimate of drug-likeness (QED) is 0.210. The molecule has 5 aromatic carbocycles. The SMILES string of the molecule is CC/C=C1/c2ccccc2Oc2c(C)c3c(c(C)c21)Oc1cc(N2c4ccccc4C(C)(C)c4ccccc42)ccc1C3. The van der Waals surface area contributed by atoms with Gasteiger partial charge in [0, 0.05) is 45.8 Å². The lowest BCUT2D eigenvalue weighted by atomic mass is 9.73. The summed E-state index contributed by atoms with van der Waals surface area (Å²) in [5.41, 5.74) is 14.3. The highest BCUT2D eigenvalue weighted by Crippen LogP contribution is 2.55. The first-order valence-electron chi connectivity index (χ1n) is 15.3. The van der Waals surface area contributed by atoms with Crippen molar-refractivity contribution in [3.05, 3.63) is 142 Å². The Hall–Kier alpha value is -4.76. The number of hydrogen-bond donors (Lipinski definition) is 0. The van der Waals surface area contributed by atoms with Crippen molar-refractivity contribution in [2.45, 2.75) is 52.9 Å². The highest BCUT2D eigenvalue weighted by atomic mass is 16.5. The molecule has 3 heteroatoms. The summed E-state index contributed by atoms with van der Waals surface area (Å²) in [6.07, 6.45) is 4.07. The zero-order valence-electron chi connectivity index (χ0n) is 25.4. The minimum Gasteiger partial charge on any atom is -0.456 e. The van der Waals surface area contributed by atoms with E-state index in [0.29, 0.717) is 0 Å². The van der Waals surface area contributed by atoms with Crippen LogP contribution in [-0.4, -0.2) is 0 Å². The van der Waals surface area contributed by atoms with Gasteiger partial charge in [0.1, 0.15) is 23.0 Å². The Morgan fingerprint density at radius 1 is 0.744 bits per heavy atom. The van der Waals surface area contributed by atoms with Gasteiger partial charge in [-0.3, -0.25) is 0 Å². The molecule has 3 aliphatic heterocycles. The number of anilines is 3. The van der Waals surface area contributed by atoms with Crippen LogP contribution in [0.15, 0.2) is 97.1 Å². The number of rotatable bonds is 2. The van der Waals surface area contributed by atoms with Gasteiger partial charge in [-0.25, -0.2) is 0 Å². The first-order chi connectivity index (χ1) is 20.9. The number of allylic oxidation sites excluding steroid dienone is 1. The monoisotopic (exact) mass is 561 g/mol. The molecule has 0 saturated heterocycles. The maximum absolute atomic E-state index is 6.91. The molecule has 43 heavy (non-hydrogen) atoms. The Labute approximate surface area is 254 Å². The van der Waals surface area contributed by atoms with Gasteiger partial charge in [-0.1, -0.05) is 87.5 Å². The van der Waals surface area contributed by atoms with Crippen LogP contribution in [0.4, 0.5) is 17.1 Å². The van der Waals surface area contributed by atoms with Gasteiger partial charge < -0.3 is 14.4 Å². The molecular formula is C40H35NO2. The van der Waals surface area contributed by atoms with Crippen LogP contribution < -0.4 is 14.4 Å². The number of ether oxygens (including phenoxy) is 2. The molecule has 0 amide bonds. The van der Waals surface area contributed by atoms with Gasteiger partial charge in [-0.2, -0.15) is 0 Å². The molecule has 0 atom stereocenters. The molecule has 5 aromatic rings. The highest BCUT2D eigenvalue weighted by Gasteiger charge is 2.37. The minimum absolute atomic E-state index is 0.0918. The first-order valence-corrected chi connectivity index (χ1v) is 15.3. The average molecular weight is 562 g/mol. The normalized spacial score (nSPS) is 16.1. The third kappa shape index (κ3) is 3.67. The van der Waals surface area contributed by atoms with E-state index in [1.165, 1.54) is 39.2 Å². The summed E-state index contributed by atoms with van der Waals surface area (Å²) < 4.78 is 13.5. The van der Waals surface area contributed by atoms with Crippen LogP contribution in [0, 0.1) is 13.8 Å². The van der Waals surface area contributed by atoms with E-state index in [4.69, 9.17) is 9.47 Å². The van der Waals surface area contributed by atoms with Crippen LogP contribution in [0.5, 0.6) is 23.0 Å². The van der Waals surface area contributed by atoms with Crippen LogP contribution >= 0.6 is 0 Å². The highest BCUT2D eigenvalue weighted by molar-refractivity contribution is 5.92. The average Bonchev–Trinajstić information content (AvgIpc) is 3.03. The molecule has 3 aliphatic rings. The fourth-order valence-corrected chi connectivity index (χ4v) is 7.42. The van der Waals surface area contributed by atoms with E-state index in [1.807, 2.05) is 6.07 Å². The van der Waals surface area contributed by atoms with Crippen molar-refractivity contribution >= 4 is 22.6 Å². The van der Waals surface area contributed by atoms with Crippen molar-refractivity contribution in [1.29, 1.82) is 0 Å². The number of benzene rings is 5. The molecule has 3 nitrogen and oxygen atoms in total. The number of nitrogens with zero attached hydrogens (tertiary/aromatic N) is 1. The smallest absolute Gasteiger partial charge is 0.139 e. The summed E-state index contributed by atoms with van der Waals surface area (Å²) in [6.45, 7) is 11.2. The van der Waals surface area contributed by atoms with Crippen molar-refractivity contribution in [3.8, 4) is 23.0 Å². The standard InChI is InChI=1S/C40H35NO2/c1-6-13-29-28-14-7-12-19-35(28)42-39-24(2)30-22-26-20-21-27(23-36(26)43-38(30)25(3)37(29)39)41-33-17-10-8-15-31(33)40(4,5)32-16-9-11-18-34(32)41/h7-21,23H,6,22H2,1-5H3/b29-13-. The van der Waals surface area contributed by atoms with Crippen molar-refractivity contribution in [2.75, 3.05) is 4.90 Å². The molecule has 0 bridgehead atoms. The van der Waals surface area contributed by atoms with Crippen molar-refractivity contribution in [3.63, 3.8) is 0 Å². The van der Waals surface area contributed by atoms with Crippen LogP contribution in [-0.2, 0) is 11.8 Å². The predicted molar refractivity (Wildman–Crippen MR) is 176 cm³/mol. The van der Waals surface area contributed by atoms with E-state index < -0.39 is 0 Å². The molecule has 3 heterocycles. The molecule has 0 aliphatic carbocycles. The molecule has 0 N–H and O–H groups in total. The van der Waals surface area contributed by atoms with Crippen LogP contribution in [0.2, 0.25) is 0 Å². The van der Waals surface area contributed by atoms with E-state index in [9.17, 15) is 0 Å². The van der Waals surface area contributed by atoms with Gasteiger partial charge in [0.05, 0.1) is 11.4 Å². The number of para-hydroxylation sites is 3. The van der Waals surface area contributed by atoms with Gasteiger partial charge in [-0.05, 0) is 72.4 Å². The second-order valence-electron chi connectivity index (χ2n) is 12.5. The fourth-order valence-electron chi connectivity index (χ4n) is 7.42. The lowest BCUT2D eigenvalue weighted by Gasteiger charge is -2.42. The van der Waals surface area contributed by atoms with Crippen LogP contribution in [0.3, 0.4) is 0 Å². The third-order valence-corrected chi connectivity index (χ3v) is 9.60.